The third kappa shape index (κ3) is 4.83. The topological polar surface area (TPSA) is 95.8 Å². The Hall–Kier alpha value is -2.93. The lowest BCUT2D eigenvalue weighted by Gasteiger charge is -2.08. The first-order valence-corrected chi connectivity index (χ1v) is 9.07. The number of aromatic amines is 1. The van der Waals surface area contributed by atoms with Gasteiger partial charge in [-0.15, -0.1) is 0 Å². The van der Waals surface area contributed by atoms with E-state index in [1.165, 1.54) is 7.11 Å². The normalized spacial score (nSPS) is 11.0. The van der Waals surface area contributed by atoms with Crippen LogP contribution < -0.4 is 11.0 Å². The molecule has 0 aliphatic rings. The monoisotopic (exact) mass is 367 g/mol. The van der Waals surface area contributed by atoms with Crippen LogP contribution in [0.3, 0.4) is 0 Å². The highest BCUT2D eigenvalue weighted by atomic mass is 16.5. The molecule has 0 aliphatic carbocycles. The van der Waals surface area contributed by atoms with Crippen molar-refractivity contribution < 1.29 is 4.74 Å². The molecule has 7 nitrogen and oxygen atoms in total. The van der Waals surface area contributed by atoms with Gasteiger partial charge < -0.3 is 15.0 Å². The van der Waals surface area contributed by atoms with Gasteiger partial charge in [-0.25, -0.2) is 4.79 Å². The number of aryl methyl sites for hydroxylation is 1. The quantitative estimate of drug-likeness (QED) is 0.324. The van der Waals surface area contributed by atoms with Gasteiger partial charge in [0.15, 0.2) is 5.90 Å². The van der Waals surface area contributed by atoms with Crippen LogP contribution in [0, 0.1) is 12.3 Å². The van der Waals surface area contributed by atoms with Crippen LogP contribution in [0.25, 0.3) is 16.7 Å². The van der Waals surface area contributed by atoms with E-state index in [1.807, 2.05) is 43.5 Å². The molecule has 27 heavy (non-hydrogen) atoms. The summed E-state index contributed by atoms with van der Waals surface area (Å²) in [6.45, 7) is 3.61. The number of hydrogen-bond acceptors (Lipinski definition) is 5. The number of unbranched alkanes of at least 4 members (excludes halogenated alkanes) is 1. The average molecular weight is 367 g/mol. The Morgan fingerprint density at radius 2 is 2.07 bits per heavy atom. The van der Waals surface area contributed by atoms with Crippen LogP contribution in [0.1, 0.15) is 30.5 Å². The van der Waals surface area contributed by atoms with Gasteiger partial charge in [-0.1, -0.05) is 12.1 Å². The molecule has 3 rings (SSSR count). The predicted molar refractivity (Wildman–Crippen MR) is 107 cm³/mol. The van der Waals surface area contributed by atoms with Crippen LogP contribution in [0.5, 0.6) is 0 Å². The first kappa shape index (κ1) is 18.8. The summed E-state index contributed by atoms with van der Waals surface area (Å²) in [5.74, 6) is 0.336. The first-order valence-electron chi connectivity index (χ1n) is 9.07. The van der Waals surface area contributed by atoms with E-state index in [4.69, 9.17) is 10.1 Å². The van der Waals surface area contributed by atoms with Crippen molar-refractivity contribution in [3.8, 4) is 5.69 Å². The Morgan fingerprint density at radius 1 is 1.30 bits per heavy atom. The van der Waals surface area contributed by atoms with E-state index >= 15 is 0 Å². The number of fused-ring (bicyclic) bond motifs is 1. The predicted octanol–water partition coefficient (Wildman–Crippen LogP) is 2.91. The Morgan fingerprint density at radius 3 is 2.81 bits per heavy atom. The molecule has 0 saturated carbocycles. The minimum Gasteiger partial charge on any atom is -0.484 e. The summed E-state index contributed by atoms with van der Waals surface area (Å²) in [6, 6.07) is 9.88. The Kier molecular flexibility index (Phi) is 6.03. The minimum absolute atomic E-state index is 0.295. The van der Waals surface area contributed by atoms with Crippen LogP contribution in [0.15, 0.2) is 41.3 Å². The summed E-state index contributed by atoms with van der Waals surface area (Å²) in [5, 5.41) is 11.7. The smallest absolute Gasteiger partial charge is 0.354 e. The fourth-order valence-electron chi connectivity index (χ4n) is 2.96. The summed E-state index contributed by atoms with van der Waals surface area (Å²) in [6.07, 6.45) is 4.44. The van der Waals surface area contributed by atoms with E-state index in [1.54, 1.807) is 4.57 Å². The molecule has 0 radical (unpaired) electrons. The second-order valence-corrected chi connectivity index (χ2v) is 6.58. The van der Waals surface area contributed by atoms with Crippen LogP contribution >= 0.6 is 0 Å². The zero-order valence-electron chi connectivity index (χ0n) is 15.7. The van der Waals surface area contributed by atoms with Gasteiger partial charge in [-0.05, 0) is 50.1 Å². The minimum atomic E-state index is -0.295. The van der Waals surface area contributed by atoms with Crippen molar-refractivity contribution in [3.63, 3.8) is 0 Å². The number of methoxy groups -OCH3 is 1. The number of hydrogen-bond donors (Lipinski definition) is 3. The molecule has 142 valence electrons. The van der Waals surface area contributed by atoms with Crippen LogP contribution in [-0.2, 0) is 11.3 Å². The van der Waals surface area contributed by atoms with Crippen molar-refractivity contribution in [3.05, 3.63) is 58.3 Å². The standard InChI is InChI=1S/C20H25N5O2/c1-14-11-16-13-25(20(26)24-19(16)23-14)17-8-6-15(7-9-17)12-22-10-4-3-5-18(21)27-2/h6-9,11,13,21-22H,3-5,10,12H2,1-2H3,(H,23,24,26). The second-order valence-electron chi connectivity index (χ2n) is 6.58. The molecule has 1 aromatic carbocycles. The van der Waals surface area contributed by atoms with Gasteiger partial charge in [-0.3, -0.25) is 9.98 Å². The van der Waals surface area contributed by atoms with E-state index in [0.717, 1.165) is 48.3 Å². The van der Waals surface area contributed by atoms with Crippen molar-refractivity contribution in [2.75, 3.05) is 13.7 Å². The zero-order valence-corrected chi connectivity index (χ0v) is 15.7. The van der Waals surface area contributed by atoms with Crippen molar-refractivity contribution in [2.24, 2.45) is 0 Å². The molecule has 3 aromatic rings. The molecule has 3 N–H and O–H groups in total. The average Bonchev–Trinajstić information content (AvgIpc) is 3.03. The maximum Gasteiger partial charge on any atom is 0.354 e. The van der Waals surface area contributed by atoms with Gasteiger partial charge >= 0.3 is 5.69 Å². The number of ether oxygens (including phenoxy) is 1. The lowest BCUT2D eigenvalue weighted by Crippen LogP contribution is -2.20. The van der Waals surface area contributed by atoms with Crippen molar-refractivity contribution in [1.29, 1.82) is 5.41 Å². The summed E-state index contributed by atoms with van der Waals surface area (Å²) >= 11 is 0. The van der Waals surface area contributed by atoms with Crippen molar-refractivity contribution >= 4 is 16.9 Å². The summed E-state index contributed by atoms with van der Waals surface area (Å²) in [4.78, 5) is 19.5. The van der Waals surface area contributed by atoms with E-state index in [0.29, 0.717) is 18.0 Å². The molecule has 0 aliphatic heterocycles. The van der Waals surface area contributed by atoms with Gasteiger partial charge in [0.25, 0.3) is 0 Å². The summed E-state index contributed by atoms with van der Waals surface area (Å²) in [7, 11) is 1.53. The lowest BCUT2D eigenvalue weighted by atomic mass is 10.2. The zero-order chi connectivity index (χ0) is 19.2. The summed E-state index contributed by atoms with van der Waals surface area (Å²) < 4.78 is 6.41. The largest absolute Gasteiger partial charge is 0.484 e. The lowest BCUT2D eigenvalue weighted by molar-refractivity contribution is 0.383. The first-order chi connectivity index (χ1) is 13.1. The molecule has 0 amide bonds. The summed E-state index contributed by atoms with van der Waals surface area (Å²) in [5.41, 5.74) is 3.26. The molecule has 2 aromatic heterocycles. The second kappa shape index (κ2) is 8.64. The highest BCUT2D eigenvalue weighted by Gasteiger charge is 2.06. The van der Waals surface area contributed by atoms with Gasteiger partial charge in [-0.2, -0.15) is 4.98 Å². The molecule has 0 atom stereocenters. The van der Waals surface area contributed by atoms with Crippen molar-refractivity contribution in [2.45, 2.75) is 32.7 Å². The maximum absolute atomic E-state index is 12.3. The number of H-pyrrole nitrogens is 1. The molecule has 2 heterocycles. The number of nitrogens with one attached hydrogen (secondary N) is 3. The third-order valence-electron chi connectivity index (χ3n) is 4.44. The fraction of sp³-hybridized carbons (Fsp3) is 0.350. The maximum atomic E-state index is 12.3. The molecular formula is C20H25N5O2. The molecular weight excluding hydrogens is 342 g/mol. The highest BCUT2D eigenvalue weighted by molar-refractivity contribution is 5.75. The molecule has 0 fully saturated rings. The highest BCUT2D eigenvalue weighted by Crippen LogP contribution is 2.13. The molecule has 0 spiro atoms. The van der Waals surface area contributed by atoms with E-state index in [-0.39, 0.29) is 5.69 Å². The number of nitrogens with zero attached hydrogens (tertiary/aromatic N) is 2. The molecule has 0 unspecified atom stereocenters. The molecule has 7 heteroatoms. The van der Waals surface area contributed by atoms with E-state index in [2.05, 4.69) is 15.3 Å². The number of benzene rings is 1. The van der Waals surface area contributed by atoms with E-state index < -0.39 is 0 Å². The third-order valence-corrected chi connectivity index (χ3v) is 4.44. The van der Waals surface area contributed by atoms with Crippen LogP contribution in [0.2, 0.25) is 0 Å². The molecule has 0 saturated heterocycles. The fourth-order valence-corrected chi connectivity index (χ4v) is 2.96. The van der Waals surface area contributed by atoms with E-state index in [9.17, 15) is 4.79 Å². The molecule has 0 bridgehead atoms. The van der Waals surface area contributed by atoms with Gasteiger partial charge in [0, 0.05) is 30.2 Å². The van der Waals surface area contributed by atoms with Crippen LogP contribution in [0.4, 0.5) is 0 Å². The Balaban J connectivity index is 1.57. The van der Waals surface area contributed by atoms with Crippen LogP contribution in [-0.4, -0.2) is 34.1 Å². The van der Waals surface area contributed by atoms with Crippen molar-refractivity contribution in [1.82, 2.24) is 19.9 Å². The van der Waals surface area contributed by atoms with Gasteiger partial charge in [0.1, 0.15) is 5.65 Å². The van der Waals surface area contributed by atoms with Gasteiger partial charge in [0.2, 0.25) is 0 Å². The number of rotatable bonds is 8. The van der Waals surface area contributed by atoms with Gasteiger partial charge in [0.05, 0.1) is 12.8 Å². The SMILES string of the molecule is COC(=N)CCCCNCc1ccc(-n2cc3cc(C)[nH]c3nc2=O)cc1. The Labute approximate surface area is 157 Å². The number of aromatic nitrogens is 3. The Bertz CT molecular complexity index is 972.